The normalized spacial score (nSPS) is 18.4. The van der Waals surface area contributed by atoms with Crippen LogP contribution in [0.25, 0.3) is 0 Å². The first kappa shape index (κ1) is 23.3. The van der Waals surface area contributed by atoms with Crippen molar-refractivity contribution >= 4 is 29.3 Å². The molecule has 1 aliphatic rings. The number of benzene rings is 1. The summed E-state index contributed by atoms with van der Waals surface area (Å²) in [6.45, 7) is 3.64. The molecule has 1 aromatic carbocycles. The number of halogens is 3. The maximum atomic E-state index is 13.5. The van der Waals surface area contributed by atoms with Crippen LogP contribution in [0.4, 0.5) is 30.6 Å². The number of amides is 1. The number of carbonyl (C=O) groups excluding carboxylic acids is 2. The van der Waals surface area contributed by atoms with Crippen molar-refractivity contribution in [1.82, 2.24) is 15.3 Å². The van der Waals surface area contributed by atoms with Gasteiger partial charge in [0.2, 0.25) is 11.9 Å². The van der Waals surface area contributed by atoms with E-state index in [-0.39, 0.29) is 23.5 Å². The Hall–Kier alpha value is -3.37. The van der Waals surface area contributed by atoms with Crippen molar-refractivity contribution < 1.29 is 27.9 Å². The Kier molecular flexibility index (Phi) is 6.85. The Labute approximate surface area is 182 Å². The summed E-state index contributed by atoms with van der Waals surface area (Å²) >= 11 is 0. The van der Waals surface area contributed by atoms with E-state index in [1.165, 1.54) is 24.3 Å². The molecule has 3 N–H and O–H groups in total. The average molecular weight is 450 g/mol. The number of nitrogens with zero attached hydrogens (tertiary/aromatic N) is 2. The van der Waals surface area contributed by atoms with E-state index < -0.39 is 35.5 Å². The van der Waals surface area contributed by atoms with Crippen LogP contribution >= 0.6 is 0 Å². The van der Waals surface area contributed by atoms with Gasteiger partial charge < -0.3 is 25.9 Å². The second kappa shape index (κ2) is 9.41. The van der Waals surface area contributed by atoms with Crippen molar-refractivity contribution in [3.05, 3.63) is 41.6 Å². The standard InChI is InChI=1S/C21H24F3N5O3/c1-11(2)26-18(30)14-4-3-5-16(14)28-17-15(21(22,23)24)10-25-20(29-17)27-13-8-6-12(7-9-13)19(31)32/h6-11,14,16H,3-5H2,1-2H3,(H,26,30)(H,31,32)(H2,25,27,28,29)/p-1/t14-,16+/m0/s1. The first-order valence-electron chi connectivity index (χ1n) is 10.1. The number of nitrogens with one attached hydrogen (secondary N) is 3. The van der Waals surface area contributed by atoms with Gasteiger partial charge in [-0.25, -0.2) is 4.98 Å². The van der Waals surface area contributed by atoms with E-state index in [1.807, 2.05) is 13.8 Å². The molecule has 11 heteroatoms. The summed E-state index contributed by atoms with van der Waals surface area (Å²) in [6.07, 6.45) is -2.21. The fourth-order valence-electron chi connectivity index (χ4n) is 3.59. The van der Waals surface area contributed by atoms with Crippen molar-refractivity contribution in [2.75, 3.05) is 10.6 Å². The largest absolute Gasteiger partial charge is 0.545 e. The van der Waals surface area contributed by atoms with Crippen molar-refractivity contribution in [3.8, 4) is 0 Å². The zero-order chi connectivity index (χ0) is 23.5. The highest BCUT2D eigenvalue weighted by atomic mass is 19.4. The third-order valence-electron chi connectivity index (χ3n) is 5.08. The lowest BCUT2D eigenvalue weighted by molar-refractivity contribution is -0.255. The molecule has 1 amide bonds. The molecule has 172 valence electrons. The number of carboxylic acids is 1. The maximum Gasteiger partial charge on any atom is 0.421 e. The predicted molar refractivity (Wildman–Crippen MR) is 109 cm³/mol. The van der Waals surface area contributed by atoms with Crippen LogP contribution in [0.2, 0.25) is 0 Å². The van der Waals surface area contributed by atoms with Crippen molar-refractivity contribution in [2.24, 2.45) is 5.92 Å². The van der Waals surface area contributed by atoms with E-state index in [0.29, 0.717) is 31.1 Å². The Morgan fingerprint density at radius 3 is 2.44 bits per heavy atom. The Morgan fingerprint density at radius 1 is 1.16 bits per heavy atom. The summed E-state index contributed by atoms with van der Waals surface area (Å²) < 4.78 is 40.6. The molecule has 1 fully saturated rings. The summed E-state index contributed by atoms with van der Waals surface area (Å²) in [5, 5.41) is 19.2. The van der Waals surface area contributed by atoms with Crippen LogP contribution in [0.1, 0.15) is 49.0 Å². The summed E-state index contributed by atoms with van der Waals surface area (Å²) in [5.41, 5.74) is -0.695. The van der Waals surface area contributed by atoms with E-state index >= 15 is 0 Å². The number of rotatable bonds is 7. The van der Waals surface area contributed by atoms with Gasteiger partial charge in [-0.2, -0.15) is 18.2 Å². The van der Waals surface area contributed by atoms with Crippen LogP contribution in [0.3, 0.4) is 0 Å². The lowest BCUT2D eigenvalue weighted by Crippen LogP contribution is -2.41. The smallest absolute Gasteiger partial charge is 0.421 e. The first-order chi connectivity index (χ1) is 15.0. The lowest BCUT2D eigenvalue weighted by Gasteiger charge is -2.24. The van der Waals surface area contributed by atoms with Crippen LogP contribution in [-0.2, 0) is 11.0 Å². The Morgan fingerprint density at radius 2 is 1.84 bits per heavy atom. The highest BCUT2D eigenvalue weighted by Crippen LogP contribution is 2.36. The second-order valence-electron chi connectivity index (χ2n) is 7.89. The molecule has 0 bridgehead atoms. The fourth-order valence-corrected chi connectivity index (χ4v) is 3.59. The monoisotopic (exact) mass is 450 g/mol. The molecule has 0 radical (unpaired) electrons. The van der Waals surface area contributed by atoms with Crippen LogP contribution in [-0.4, -0.2) is 33.9 Å². The molecule has 2 aromatic rings. The molecule has 2 atom stereocenters. The van der Waals surface area contributed by atoms with Gasteiger partial charge in [-0.1, -0.05) is 18.6 Å². The summed E-state index contributed by atoms with van der Waals surface area (Å²) in [6, 6.07) is 4.84. The van der Waals surface area contributed by atoms with Gasteiger partial charge in [0.05, 0.1) is 11.9 Å². The zero-order valence-electron chi connectivity index (χ0n) is 17.5. The van der Waals surface area contributed by atoms with Gasteiger partial charge in [-0.3, -0.25) is 4.79 Å². The number of anilines is 3. The molecular weight excluding hydrogens is 427 g/mol. The number of aromatic carboxylic acids is 1. The molecule has 0 saturated heterocycles. The minimum absolute atomic E-state index is 0.0433. The molecule has 0 aliphatic heterocycles. The molecule has 32 heavy (non-hydrogen) atoms. The third kappa shape index (κ3) is 5.65. The van der Waals surface area contributed by atoms with E-state index in [4.69, 9.17) is 0 Å². The quantitative estimate of drug-likeness (QED) is 0.593. The molecular formula is C21H23F3N5O3-. The van der Waals surface area contributed by atoms with Gasteiger partial charge >= 0.3 is 6.18 Å². The number of carboxylic acid groups (broad SMARTS) is 1. The molecule has 1 heterocycles. The molecule has 0 unspecified atom stereocenters. The van der Waals surface area contributed by atoms with Gasteiger partial charge in [0.15, 0.2) is 0 Å². The van der Waals surface area contributed by atoms with Gasteiger partial charge in [-0.05, 0) is 44.4 Å². The zero-order valence-corrected chi connectivity index (χ0v) is 17.5. The molecule has 1 aromatic heterocycles. The third-order valence-corrected chi connectivity index (χ3v) is 5.08. The van der Waals surface area contributed by atoms with Crippen LogP contribution in [0, 0.1) is 5.92 Å². The number of carbonyl (C=O) groups is 2. The van der Waals surface area contributed by atoms with E-state index in [9.17, 15) is 27.9 Å². The van der Waals surface area contributed by atoms with E-state index in [0.717, 1.165) is 0 Å². The van der Waals surface area contributed by atoms with Crippen molar-refractivity contribution in [2.45, 2.75) is 51.4 Å². The number of alkyl halides is 3. The molecule has 8 nitrogen and oxygen atoms in total. The topological polar surface area (TPSA) is 119 Å². The molecule has 3 rings (SSSR count). The number of hydrogen-bond donors (Lipinski definition) is 3. The minimum atomic E-state index is -4.69. The van der Waals surface area contributed by atoms with E-state index in [1.54, 1.807) is 0 Å². The highest BCUT2D eigenvalue weighted by Gasteiger charge is 2.38. The molecule has 0 spiro atoms. The summed E-state index contributed by atoms with van der Waals surface area (Å²) in [4.78, 5) is 31.0. The second-order valence-corrected chi connectivity index (χ2v) is 7.89. The van der Waals surface area contributed by atoms with Crippen molar-refractivity contribution in [3.63, 3.8) is 0 Å². The Bertz CT molecular complexity index is 980. The Balaban J connectivity index is 1.84. The van der Waals surface area contributed by atoms with Gasteiger partial charge in [0.25, 0.3) is 0 Å². The lowest BCUT2D eigenvalue weighted by atomic mass is 10.0. The van der Waals surface area contributed by atoms with Crippen LogP contribution < -0.4 is 21.1 Å². The average Bonchev–Trinajstić information content (AvgIpc) is 3.15. The molecule has 1 saturated carbocycles. The predicted octanol–water partition coefficient (Wildman–Crippen LogP) is 2.71. The van der Waals surface area contributed by atoms with Crippen LogP contribution in [0.5, 0.6) is 0 Å². The van der Waals surface area contributed by atoms with Gasteiger partial charge in [-0.15, -0.1) is 0 Å². The van der Waals surface area contributed by atoms with Crippen molar-refractivity contribution in [1.29, 1.82) is 0 Å². The maximum absolute atomic E-state index is 13.5. The first-order valence-corrected chi connectivity index (χ1v) is 10.1. The van der Waals surface area contributed by atoms with Gasteiger partial charge in [0, 0.05) is 24.0 Å². The SMILES string of the molecule is CC(C)NC(=O)[C@H]1CCC[C@H]1Nc1nc(Nc2ccc(C(=O)[O-])cc2)ncc1C(F)(F)F. The number of hydrogen-bond acceptors (Lipinski definition) is 7. The highest BCUT2D eigenvalue weighted by molar-refractivity contribution is 5.86. The molecule has 1 aliphatic carbocycles. The fraction of sp³-hybridized carbons (Fsp3) is 0.429. The van der Waals surface area contributed by atoms with Crippen LogP contribution in [0.15, 0.2) is 30.5 Å². The van der Waals surface area contributed by atoms with E-state index in [2.05, 4.69) is 25.9 Å². The van der Waals surface area contributed by atoms with Gasteiger partial charge in [0.1, 0.15) is 11.4 Å². The minimum Gasteiger partial charge on any atom is -0.545 e. The number of aromatic nitrogens is 2. The summed E-state index contributed by atoms with van der Waals surface area (Å²) in [7, 11) is 0. The summed E-state index contributed by atoms with van der Waals surface area (Å²) in [5.74, 6) is -2.55.